The number of carbonyl (C=O) groups excluding carboxylic acids is 2. The summed E-state index contributed by atoms with van der Waals surface area (Å²) >= 11 is 0. The van der Waals surface area contributed by atoms with Crippen LogP contribution in [-0.2, 0) is 4.74 Å². The second-order valence-corrected chi connectivity index (χ2v) is 6.41. The van der Waals surface area contributed by atoms with Crippen LogP contribution in [-0.4, -0.2) is 48.0 Å². The van der Waals surface area contributed by atoms with Crippen LogP contribution in [0.25, 0.3) is 6.08 Å². The number of nitrogens with zero attached hydrogens (tertiary/aromatic N) is 2. The van der Waals surface area contributed by atoms with E-state index in [2.05, 4.69) is 0 Å². The molecule has 2 aliphatic rings. The van der Waals surface area contributed by atoms with Crippen LogP contribution in [0.4, 0.5) is 10.5 Å². The van der Waals surface area contributed by atoms with Gasteiger partial charge < -0.3 is 19.1 Å². The Morgan fingerprint density at radius 2 is 1.86 bits per heavy atom. The summed E-state index contributed by atoms with van der Waals surface area (Å²) in [5, 5.41) is 10.7. The Labute approximate surface area is 165 Å². The Morgan fingerprint density at radius 1 is 1.14 bits per heavy atom. The van der Waals surface area contributed by atoms with E-state index in [0.717, 1.165) is 0 Å². The van der Waals surface area contributed by atoms with Crippen molar-refractivity contribution in [1.29, 1.82) is 0 Å². The lowest BCUT2D eigenvalue weighted by molar-refractivity contribution is -0.384. The van der Waals surface area contributed by atoms with Crippen molar-refractivity contribution in [1.82, 2.24) is 4.90 Å². The third kappa shape index (κ3) is 3.94. The Hall–Kier alpha value is -3.72. The molecule has 0 aromatic heterocycles. The van der Waals surface area contributed by atoms with Crippen molar-refractivity contribution in [3.63, 3.8) is 0 Å². The number of nitro groups is 1. The Balaban J connectivity index is 1.49. The number of Topliss-reactive ketones (excluding diaryl/α,β-unsaturated/α-hetero) is 1. The lowest BCUT2D eigenvalue weighted by Crippen LogP contribution is -2.42. The molecule has 0 spiro atoms. The lowest BCUT2D eigenvalue weighted by atomic mass is 10.1. The summed E-state index contributed by atoms with van der Waals surface area (Å²) in [7, 11) is 0. The van der Waals surface area contributed by atoms with Gasteiger partial charge in [0, 0.05) is 31.3 Å². The van der Waals surface area contributed by atoms with Gasteiger partial charge in [0.1, 0.15) is 11.5 Å². The molecule has 1 fully saturated rings. The van der Waals surface area contributed by atoms with Gasteiger partial charge in [-0.25, -0.2) is 4.79 Å². The molecule has 29 heavy (non-hydrogen) atoms. The van der Waals surface area contributed by atoms with Gasteiger partial charge >= 0.3 is 6.09 Å². The predicted molar refractivity (Wildman–Crippen MR) is 101 cm³/mol. The first-order valence-corrected chi connectivity index (χ1v) is 8.88. The van der Waals surface area contributed by atoms with E-state index >= 15 is 0 Å². The molecule has 2 aliphatic heterocycles. The Kier molecular flexibility index (Phi) is 4.96. The van der Waals surface area contributed by atoms with Gasteiger partial charge in [0.05, 0.1) is 23.7 Å². The van der Waals surface area contributed by atoms with E-state index in [0.29, 0.717) is 37.4 Å². The summed E-state index contributed by atoms with van der Waals surface area (Å²) in [6.45, 7) is 1.85. The number of non-ortho nitro benzene ring substituents is 1. The predicted octanol–water partition coefficient (Wildman–Crippen LogP) is 3.04. The van der Waals surface area contributed by atoms with Crippen LogP contribution in [0.5, 0.6) is 11.5 Å². The molecule has 0 N–H and O–H groups in total. The molecule has 148 valence electrons. The van der Waals surface area contributed by atoms with E-state index in [1.807, 2.05) is 0 Å². The fourth-order valence-corrected chi connectivity index (χ4v) is 2.99. The number of carbonyl (C=O) groups is 2. The van der Waals surface area contributed by atoms with Gasteiger partial charge in [-0.3, -0.25) is 14.9 Å². The zero-order chi connectivity index (χ0) is 20.4. The number of nitro benzene ring substituents is 1. The summed E-state index contributed by atoms with van der Waals surface area (Å²) in [5.41, 5.74) is 0.899. The topological polar surface area (TPSA) is 108 Å². The minimum Gasteiger partial charge on any atom is -0.452 e. The number of ketones is 1. The molecule has 0 atom stereocenters. The highest BCUT2D eigenvalue weighted by atomic mass is 16.6. The highest BCUT2D eigenvalue weighted by Crippen LogP contribution is 2.35. The van der Waals surface area contributed by atoms with E-state index in [4.69, 9.17) is 14.2 Å². The van der Waals surface area contributed by atoms with Crippen LogP contribution < -0.4 is 9.47 Å². The van der Waals surface area contributed by atoms with Crippen LogP contribution in [0.2, 0.25) is 0 Å². The van der Waals surface area contributed by atoms with Gasteiger partial charge in [0.2, 0.25) is 5.78 Å². The maximum absolute atomic E-state index is 12.5. The second-order valence-electron chi connectivity index (χ2n) is 6.41. The molecule has 0 bridgehead atoms. The van der Waals surface area contributed by atoms with E-state index in [-0.39, 0.29) is 28.7 Å². The van der Waals surface area contributed by atoms with Crippen molar-refractivity contribution < 1.29 is 28.7 Å². The summed E-state index contributed by atoms with van der Waals surface area (Å²) in [6.07, 6.45) is 1.02. The summed E-state index contributed by atoms with van der Waals surface area (Å²) in [5.74, 6) is 0.329. The van der Waals surface area contributed by atoms with E-state index in [1.165, 1.54) is 48.5 Å². The van der Waals surface area contributed by atoms with Gasteiger partial charge in [-0.1, -0.05) is 0 Å². The summed E-state index contributed by atoms with van der Waals surface area (Å²) in [6, 6.07) is 10.3. The van der Waals surface area contributed by atoms with Crippen molar-refractivity contribution in [3.8, 4) is 11.5 Å². The van der Waals surface area contributed by atoms with Crippen LogP contribution in [0, 0.1) is 10.1 Å². The van der Waals surface area contributed by atoms with Crippen molar-refractivity contribution >= 4 is 23.6 Å². The molecular formula is C20H16N2O7. The zero-order valence-electron chi connectivity index (χ0n) is 15.2. The molecule has 0 aliphatic carbocycles. The van der Waals surface area contributed by atoms with Crippen molar-refractivity contribution in [3.05, 3.63) is 69.5 Å². The number of amides is 1. The number of allylic oxidation sites excluding steroid dienone is 1. The molecular weight excluding hydrogens is 380 g/mol. The molecule has 0 radical (unpaired) electrons. The third-order valence-corrected chi connectivity index (χ3v) is 4.52. The fraction of sp³-hybridized carbons (Fsp3) is 0.200. The van der Waals surface area contributed by atoms with Crippen molar-refractivity contribution in [2.75, 3.05) is 26.3 Å². The zero-order valence-corrected chi connectivity index (χ0v) is 15.2. The van der Waals surface area contributed by atoms with Gasteiger partial charge in [-0.15, -0.1) is 0 Å². The van der Waals surface area contributed by atoms with Gasteiger partial charge in [-0.05, 0) is 35.9 Å². The van der Waals surface area contributed by atoms with Crippen molar-refractivity contribution in [2.45, 2.75) is 0 Å². The third-order valence-electron chi connectivity index (χ3n) is 4.52. The number of hydrogen-bond acceptors (Lipinski definition) is 7. The highest BCUT2D eigenvalue weighted by Gasteiger charge is 2.28. The molecule has 0 unspecified atom stereocenters. The second kappa shape index (κ2) is 7.72. The average Bonchev–Trinajstić information content (AvgIpc) is 3.03. The Morgan fingerprint density at radius 3 is 2.55 bits per heavy atom. The number of ether oxygens (including phenoxy) is 3. The molecule has 9 nitrogen and oxygen atoms in total. The van der Waals surface area contributed by atoms with Crippen LogP contribution >= 0.6 is 0 Å². The molecule has 2 aromatic carbocycles. The SMILES string of the molecule is O=C1C(=Cc2ccc([N+](=O)[O-])cc2)Oc2cc(OC(=O)N3CCOCC3)ccc21. The number of rotatable bonds is 3. The fourth-order valence-electron chi connectivity index (χ4n) is 2.99. The monoisotopic (exact) mass is 396 g/mol. The minimum absolute atomic E-state index is 0.0409. The first-order chi connectivity index (χ1) is 14.0. The smallest absolute Gasteiger partial charge is 0.415 e. The molecule has 4 rings (SSSR count). The minimum atomic E-state index is -0.496. The van der Waals surface area contributed by atoms with Crippen LogP contribution in [0.1, 0.15) is 15.9 Å². The average molecular weight is 396 g/mol. The largest absolute Gasteiger partial charge is 0.452 e. The normalized spacial score (nSPS) is 17.0. The lowest BCUT2D eigenvalue weighted by Gasteiger charge is -2.25. The van der Waals surface area contributed by atoms with Gasteiger partial charge in [-0.2, -0.15) is 0 Å². The maximum Gasteiger partial charge on any atom is 0.415 e. The first kappa shape index (κ1) is 18.6. The quantitative estimate of drug-likeness (QED) is 0.446. The van der Waals surface area contributed by atoms with E-state index < -0.39 is 11.0 Å². The van der Waals surface area contributed by atoms with E-state index in [1.54, 1.807) is 4.90 Å². The van der Waals surface area contributed by atoms with Gasteiger partial charge in [0.25, 0.3) is 5.69 Å². The van der Waals surface area contributed by atoms with Crippen molar-refractivity contribution in [2.24, 2.45) is 0 Å². The van der Waals surface area contributed by atoms with Crippen LogP contribution in [0.15, 0.2) is 48.2 Å². The van der Waals surface area contributed by atoms with E-state index in [9.17, 15) is 19.7 Å². The number of hydrogen-bond donors (Lipinski definition) is 0. The molecule has 2 aromatic rings. The molecule has 2 heterocycles. The Bertz CT molecular complexity index is 1010. The molecule has 1 saturated heterocycles. The van der Waals surface area contributed by atoms with Crippen LogP contribution in [0.3, 0.4) is 0 Å². The summed E-state index contributed by atoms with van der Waals surface area (Å²) in [4.78, 5) is 36.5. The maximum atomic E-state index is 12.5. The number of fused-ring (bicyclic) bond motifs is 1. The van der Waals surface area contributed by atoms with Gasteiger partial charge in [0.15, 0.2) is 5.76 Å². The number of benzene rings is 2. The molecule has 9 heteroatoms. The first-order valence-electron chi connectivity index (χ1n) is 8.88. The molecule has 0 saturated carbocycles. The highest BCUT2D eigenvalue weighted by molar-refractivity contribution is 6.14. The standard InChI is InChI=1S/C20H16N2O7/c23-19-16-6-5-15(28-20(24)21-7-9-27-10-8-21)12-17(16)29-18(19)11-13-1-3-14(4-2-13)22(25)26/h1-6,11-12H,7-10H2. The summed E-state index contributed by atoms with van der Waals surface area (Å²) < 4.78 is 16.2. The number of morpholine rings is 1. The molecule has 1 amide bonds.